The average Bonchev–Trinajstić information content (AvgIpc) is 3.17. The molecule has 0 saturated carbocycles. The molecule has 13 nitrogen and oxygen atoms in total. The van der Waals surface area contributed by atoms with E-state index in [1.54, 1.807) is 6.92 Å². The number of unbranched alkanes of at least 4 members (excludes halogenated alkanes) is 16. The van der Waals surface area contributed by atoms with Gasteiger partial charge in [0.2, 0.25) is 0 Å². The Balaban J connectivity index is 0.00000119. The molecule has 2 amide bonds. The summed E-state index contributed by atoms with van der Waals surface area (Å²) in [7, 11) is 0. The molecule has 1 heterocycles. The Bertz CT molecular complexity index is 1110. The summed E-state index contributed by atoms with van der Waals surface area (Å²) in [5.41, 5.74) is -0.997. The number of rotatable bonds is 33. The highest BCUT2D eigenvalue weighted by molar-refractivity contribution is 5.76. The van der Waals surface area contributed by atoms with Crippen molar-refractivity contribution in [3.63, 3.8) is 0 Å². The second-order valence-corrected chi connectivity index (χ2v) is 18.8. The van der Waals surface area contributed by atoms with Crippen LogP contribution in [0.5, 0.6) is 0 Å². The predicted molar refractivity (Wildman–Crippen MR) is 247 cm³/mol. The van der Waals surface area contributed by atoms with Gasteiger partial charge in [0.25, 0.3) is 0 Å². The molecule has 0 spiro atoms. The number of cyclic esters (lactones) is 1. The highest BCUT2D eigenvalue weighted by Crippen LogP contribution is 2.17. The Morgan fingerprint density at radius 1 is 0.672 bits per heavy atom. The Hall–Kier alpha value is -2.64. The lowest BCUT2D eigenvalue weighted by Gasteiger charge is -2.29. The molecule has 0 aliphatic carbocycles. The first-order chi connectivity index (χ1) is 29.0. The number of nitrogens with one attached hydrogen (secondary N) is 4. The topological polar surface area (TPSA) is 174 Å². The van der Waals surface area contributed by atoms with E-state index in [-0.39, 0.29) is 24.1 Å². The summed E-state index contributed by atoms with van der Waals surface area (Å²) in [6.07, 6.45) is 25.2. The second-order valence-electron chi connectivity index (χ2n) is 18.8. The summed E-state index contributed by atoms with van der Waals surface area (Å²) in [6.45, 7) is 19.8. The van der Waals surface area contributed by atoms with E-state index >= 15 is 0 Å². The number of ether oxygens (including phenoxy) is 4. The fraction of sp³-hybridized carbons (Fsp3) is 0.917. The van der Waals surface area contributed by atoms with Gasteiger partial charge in [-0.3, -0.25) is 9.59 Å². The summed E-state index contributed by atoms with van der Waals surface area (Å²) in [4.78, 5) is 47.7. The number of hydrogen-bond donors (Lipinski definition) is 5. The molecule has 13 heteroatoms. The second kappa shape index (κ2) is 36.8. The van der Waals surface area contributed by atoms with Crippen LogP contribution in [0.25, 0.3) is 0 Å². The van der Waals surface area contributed by atoms with Gasteiger partial charge in [-0.2, -0.15) is 0 Å². The minimum Gasteiger partial charge on any atom is -0.465 e. The van der Waals surface area contributed by atoms with Crippen LogP contribution in [0, 0.1) is 0 Å². The molecule has 4 unspecified atom stereocenters. The lowest BCUT2D eigenvalue weighted by Crippen LogP contribution is -2.49. The van der Waals surface area contributed by atoms with E-state index in [0.29, 0.717) is 32.7 Å². The first kappa shape index (κ1) is 58.4. The van der Waals surface area contributed by atoms with Crippen molar-refractivity contribution in [1.29, 1.82) is 0 Å². The third-order valence-corrected chi connectivity index (χ3v) is 10.3. The maximum Gasteiger partial charge on any atom is 0.407 e. The average molecular weight is 871 g/mol. The minimum atomic E-state index is -0.515. The van der Waals surface area contributed by atoms with Crippen LogP contribution >= 0.6 is 0 Å². The van der Waals surface area contributed by atoms with Crippen molar-refractivity contribution in [2.75, 3.05) is 32.8 Å². The van der Waals surface area contributed by atoms with Crippen LogP contribution < -0.4 is 21.3 Å². The summed E-state index contributed by atoms with van der Waals surface area (Å²) in [5, 5.41) is 22.3. The molecule has 1 aliphatic rings. The molecular weight excluding hydrogens is 777 g/mol. The number of aliphatic hydroxyl groups is 1. The monoisotopic (exact) mass is 871 g/mol. The third kappa shape index (κ3) is 37.6. The normalized spacial score (nSPS) is 16.4. The summed E-state index contributed by atoms with van der Waals surface area (Å²) < 4.78 is 21.2. The molecule has 1 rings (SSSR count). The smallest absolute Gasteiger partial charge is 0.407 e. The van der Waals surface area contributed by atoms with E-state index < -0.39 is 35.5 Å². The van der Waals surface area contributed by atoms with E-state index in [9.17, 15) is 24.3 Å². The van der Waals surface area contributed by atoms with E-state index in [4.69, 9.17) is 18.9 Å². The zero-order valence-corrected chi connectivity index (χ0v) is 40.5. The number of aliphatic hydroxyl groups excluding tert-OH is 1. The van der Waals surface area contributed by atoms with E-state index in [2.05, 4.69) is 35.1 Å². The molecule has 0 aromatic heterocycles. The first-order valence-corrected chi connectivity index (χ1v) is 24.5. The Morgan fingerprint density at radius 3 is 1.62 bits per heavy atom. The number of carbonyl (C=O) groups excluding carboxylic acids is 4. The molecule has 360 valence electrons. The van der Waals surface area contributed by atoms with Crippen LogP contribution in [0.15, 0.2) is 0 Å². The van der Waals surface area contributed by atoms with Crippen LogP contribution in [0.2, 0.25) is 0 Å². The molecule has 4 atom stereocenters. The number of esters is 2. The lowest BCUT2D eigenvalue weighted by atomic mass is 10.0. The molecule has 1 aliphatic heterocycles. The van der Waals surface area contributed by atoms with E-state index in [0.717, 1.165) is 70.8 Å². The minimum absolute atomic E-state index is 0.0210. The van der Waals surface area contributed by atoms with Crippen molar-refractivity contribution in [2.24, 2.45) is 0 Å². The highest BCUT2D eigenvalue weighted by Gasteiger charge is 2.29. The van der Waals surface area contributed by atoms with Crippen LogP contribution in [0.4, 0.5) is 9.59 Å². The van der Waals surface area contributed by atoms with Gasteiger partial charge >= 0.3 is 24.1 Å². The van der Waals surface area contributed by atoms with Gasteiger partial charge in [-0.25, -0.2) is 9.59 Å². The van der Waals surface area contributed by atoms with Gasteiger partial charge in [0.05, 0.1) is 12.7 Å². The molecule has 0 aromatic rings. The summed E-state index contributed by atoms with van der Waals surface area (Å²) in [5.74, 6) is -0.409. The number of morpholine rings is 1. The van der Waals surface area contributed by atoms with Crippen LogP contribution in [0.1, 0.15) is 216 Å². The van der Waals surface area contributed by atoms with E-state index in [1.807, 2.05) is 41.5 Å². The molecule has 5 N–H and O–H groups in total. The molecular formula is C48H94N4O9. The molecule has 1 saturated heterocycles. The SMILES string of the molecule is CCCCCCCCCCC(O)CNC(CCCCNC(=O)OC(C)(C)C)C(=O)OCC.CCCCCCCCCCC1CNC(CCCCNC(=O)OC(C)(C)C)C(=O)O1. The van der Waals surface area contributed by atoms with Crippen LogP contribution in [-0.4, -0.2) is 97.5 Å². The largest absolute Gasteiger partial charge is 0.465 e. The van der Waals surface area contributed by atoms with Gasteiger partial charge in [-0.1, -0.05) is 110 Å². The molecule has 0 bridgehead atoms. The van der Waals surface area contributed by atoms with Gasteiger partial charge in [-0.05, 0) is 106 Å². The van der Waals surface area contributed by atoms with Crippen molar-refractivity contribution in [3.8, 4) is 0 Å². The lowest BCUT2D eigenvalue weighted by molar-refractivity contribution is -0.157. The molecule has 61 heavy (non-hydrogen) atoms. The maximum atomic E-state index is 12.2. The Labute approximate surface area is 372 Å². The third-order valence-electron chi connectivity index (χ3n) is 10.3. The number of alkyl carbamates (subject to hydrolysis) is 2. The van der Waals surface area contributed by atoms with Crippen LogP contribution in [-0.2, 0) is 28.5 Å². The Kier molecular flexibility index (Phi) is 35.2. The van der Waals surface area contributed by atoms with Crippen molar-refractivity contribution in [1.82, 2.24) is 21.3 Å². The molecule has 1 fully saturated rings. The molecule has 0 aromatic carbocycles. The first-order valence-electron chi connectivity index (χ1n) is 24.5. The van der Waals surface area contributed by atoms with Gasteiger partial charge in [-0.15, -0.1) is 0 Å². The highest BCUT2D eigenvalue weighted by atomic mass is 16.6. The number of amides is 2. The summed E-state index contributed by atoms with van der Waals surface area (Å²) >= 11 is 0. The zero-order chi connectivity index (χ0) is 45.8. The summed E-state index contributed by atoms with van der Waals surface area (Å²) in [6, 6.07) is -0.656. The number of carbonyl (C=O) groups is 4. The maximum absolute atomic E-state index is 12.2. The number of hydrogen-bond acceptors (Lipinski definition) is 11. The van der Waals surface area contributed by atoms with Crippen molar-refractivity contribution < 1.29 is 43.2 Å². The van der Waals surface area contributed by atoms with Crippen LogP contribution in [0.3, 0.4) is 0 Å². The fourth-order valence-corrected chi connectivity index (χ4v) is 6.93. The van der Waals surface area contributed by atoms with E-state index in [1.165, 1.54) is 83.5 Å². The standard InChI is InChI=1S/C25H50N2O5.C23H44N2O4/c1-6-8-9-10-11-12-13-14-17-21(28)20-27-22(23(29)31-7-2)18-15-16-19-26-24(30)32-25(3,4)5;1-5-6-7-8-9-10-11-12-15-19-18-25-20(21(26)28-19)16-13-14-17-24-22(27)29-23(2,3)4/h21-22,27-28H,6-20H2,1-5H3,(H,26,30);19-20,25H,5-18H2,1-4H3,(H,24,27). The fourth-order valence-electron chi connectivity index (χ4n) is 6.93. The van der Waals surface area contributed by atoms with Crippen molar-refractivity contribution in [2.45, 2.75) is 252 Å². The zero-order valence-electron chi connectivity index (χ0n) is 40.5. The van der Waals surface area contributed by atoms with Gasteiger partial charge in [0, 0.05) is 26.2 Å². The quantitative estimate of drug-likeness (QED) is 0.0241. The van der Waals surface area contributed by atoms with Gasteiger partial charge in [0.15, 0.2) is 0 Å². The molecule has 0 radical (unpaired) electrons. The van der Waals surface area contributed by atoms with Crippen molar-refractivity contribution >= 4 is 24.1 Å². The van der Waals surface area contributed by atoms with Gasteiger partial charge in [0.1, 0.15) is 29.4 Å². The van der Waals surface area contributed by atoms with Crippen molar-refractivity contribution in [3.05, 3.63) is 0 Å². The Morgan fingerprint density at radius 2 is 1.13 bits per heavy atom. The van der Waals surface area contributed by atoms with Gasteiger partial charge < -0.3 is 45.3 Å². The predicted octanol–water partition coefficient (Wildman–Crippen LogP) is 10.2.